The van der Waals surface area contributed by atoms with Crippen molar-refractivity contribution in [2.45, 2.75) is 6.92 Å². The molecule has 0 aliphatic heterocycles. The predicted octanol–water partition coefficient (Wildman–Crippen LogP) is 5.01. The molecule has 0 atom stereocenters. The first-order chi connectivity index (χ1) is 11.8. The lowest BCUT2D eigenvalue weighted by atomic mass is 10.0. The van der Waals surface area contributed by atoms with E-state index in [9.17, 15) is 0 Å². The third-order valence-corrected chi connectivity index (χ3v) is 4.39. The molecule has 0 unspecified atom stereocenters. The first kappa shape index (κ1) is 14.5. The molecular weight excluding hydrogens is 296 g/mol. The topological polar surface area (TPSA) is 27.1 Å². The maximum Gasteiger partial charge on any atom is 0.118 e. The van der Waals surface area contributed by atoms with Crippen molar-refractivity contribution < 1.29 is 4.74 Å². The Morgan fingerprint density at radius 3 is 2.46 bits per heavy atom. The number of pyridine rings is 1. The molecule has 0 amide bonds. The zero-order valence-electron chi connectivity index (χ0n) is 13.7. The number of aromatic nitrogens is 2. The minimum atomic E-state index is 0.870. The lowest BCUT2D eigenvalue weighted by Crippen LogP contribution is -1.96. The third kappa shape index (κ3) is 2.44. The summed E-state index contributed by atoms with van der Waals surface area (Å²) >= 11 is 0. The summed E-state index contributed by atoms with van der Waals surface area (Å²) in [6.45, 7) is 2.11. The van der Waals surface area contributed by atoms with Gasteiger partial charge in [0.15, 0.2) is 0 Å². The molecular formula is C21H18N2O. The van der Waals surface area contributed by atoms with Crippen LogP contribution < -0.4 is 4.74 Å². The molecule has 0 N–H and O–H groups in total. The van der Waals surface area contributed by atoms with Gasteiger partial charge in [-0.25, -0.2) is 0 Å². The van der Waals surface area contributed by atoms with E-state index in [0.717, 1.165) is 11.4 Å². The van der Waals surface area contributed by atoms with Crippen molar-refractivity contribution in [3.63, 3.8) is 0 Å². The van der Waals surface area contributed by atoms with Gasteiger partial charge in [-0.1, -0.05) is 24.3 Å². The number of aryl methyl sites for hydroxylation is 1. The molecule has 0 radical (unpaired) electrons. The Labute approximate surface area is 141 Å². The number of benzene rings is 2. The molecule has 4 aromatic rings. The summed E-state index contributed by atoms with van der Waals surface area (Å²) in [7, 11) is 1.68. The molecule has 0 fully saturated rings. The maximum absolute atomic E-state index is 5.24. The highest BCUT2D eigenvalue weighted by molar-refractivity contribution is 5.87. The molecule has 4 rings (SSSR count). The SMILES string of the molecule is COc1ccc(-c2ccc3ccn(-c4cnccc4C)c3c2)cc1. The van der Waals surface area contributed by atoms with Gasteiger partial charge in [-0.3, -0.25) is 4.98 Å². The Hall–Kier alpha value is -3.07. The second-order valence-electron chi connectivity index (χ2n) is 5.85. The molecule has 118 valence electrons. The summed E-state index contributed by atoms with van der Waals surface area (Å²) in [6.07, 6.45) is 5.84. The van der Waals surface area contributed by atoms with Gasteiger partial charge in [-0.05, 0) is 59.3 Å². The standard InChI is InChI=1S/C21H18N2O/c1-15-9-11-22-14-21(15)23-12-10-17-3-4-18(13-20(17)23)16-5-7-19(24-2)8-6-16/h3-14H,1-2H3. The minimum Gasteiger partial charge on any atom is -0.497 e. The zero-order valence-corrected chi connectivity index (χ0v) is 13.7. The van der Waals surface area contributed by atoms with E-state index in [-0.39, 0.29) is 0 Å². The van der Waals surface area contributed by atoms with Crippen LogP contribution in [0.15, 0.2) is 73.2 Å². The number of nitrogens with zero attached hydrogens (tertiary/aromatic N) is 2. The highest BCUT2D eigenvalue weighted by Crippen LogP contribution is 2.28. The molecule has 0 aliphatic carbocycles. The fourth-order valence-electron chi connectivity index (χ4n) is 3.01. The summed E-state index contributed by atoms with van der Waals surface area (Å²) in [6, 6.07) is 18.9. The lowest BCUT2D eigenvalue weighted by Gasteiger charge is -2.10. The smallest absolute Gasteiger partial charge is 0.118 e. The molecule has 24 heavy (non-hydrogen) atoms. The predicted molar refractivity (Wildman–Crippen MR) is 97.8 cm³/mol. The maximum atomic E-state index is 5.24. The van der Waals surface area contributed by atoms with Gasteiger partial charge in [-0.2, -0.15) is 0 Å². The van der Waals surface area contributed by atoms with Crippen LogP contribution in [0, 0.1) is 6.92 Å². The van der Waals surface area contributed by atoms with Crippen LogP contribution in [0.3, 0.4) is 0 Å². The average molecular weight is 314 g/mol. The van der Waals surface area contributed by atoms with Crippen LogP contribution in [0.25, 0.3) is 27.7 Å². The Bertz CT molecular complexity index is 1000. The number of hydrogen-bond acceptors (Lipinski definition) is 2. The molecule has 2 aromatic carbocycles. The van der Waals surface area contributed by atoms with Crippen molar-refractivity contribution in [2.75, 3.05) is 7.11 Å². The van der Waals surface area contributed by atoms with E-state index in [1.807, 2.05) is 30.6 Å². The van der Waals surface area contributed by atoms with E-state index < -0.39 is 0 Å². The van der Waals surface area contributed by atoms with Crippen molar-refractivity contribution in [3.8, 4) is 22.6 Å². The molecule has 3 heteroatoms. The summed E-state index contributed by atoms with van der Waals surface area (Å²) < 4.78 is 7.44. The Morgan fingerprint density at radius 2 is 1.71 bits per heavy atom. The molecule has 2 aromatic heterocycles. The normalized spacial score (nSPS) is 10.9. The van der Waals surface area contributed by atoms with Crippen LogP contribution in [0.4, 0.5) is 0 Å². The number of hydrogen-bond donors (Lipinski definition) is 0. The molecule has 0 saturated heterocycles. The zero-order chi connectivity index (χ0) is 16.5. The average Bonchev–Trinajstić information content (AvgIpc) is 3.05. The summed E-state index contributed by atoms with van der Waals surface area (Å²) in [5.74, 6) is 0.870. The van der Waals surface area contributed by atoms with Crippen LogP contribution in [0.2, 0.25) is 0 Å². The first-order valence-corrected chi connectivity index (χ1v) is 7.93. The van der Waals surface area contributed by atoms with Crippen LogP contribution >= 0.6 is 0 Å². The number of methoxy groups -OCH3 is 1. The third-order valence-electron chi connectivity index (χ3n) is 4.39. The number of fused-ring (bicyclic) bond motifs is 1. The molecule has 0 aliphatic rings. The van der Waals surface area contributed by atoms with Crippen molar-refractivity contribution in [1.29, 1.82) is 0 Å². The van der Waals surface area contributed by atoms with Crippen molar-refractivity contribution in [1.82, 2.24) is 9.55 Å². The Kier molecular flexibility index (Phi) is 3.54. The molecule has 0 spiro atoms. The van der Waals surface area contributed by atoms with Gasteiger partial charge in [0.2, 0.25) is 0 Å². The van der Waals surface area contributed by atoms with E-state index in [1.165, 1.54) is 27.6 Å². The highest BCUT2D eigenvalue weighted by atomic mass is 16.5. The summed E-state index contributed by atoms with van der Waals surface area (Å²) in [4.78, 5) is 4.27. The van der Waals surface area contributed by atoms with Crippen molar-refractivity contribution >= 4 is 10.9 Å². The Morgan fingerprint density at radius 1 is 0.917 bits per heavy atom. The van der Waals surface area contributed by atoms with E-state index >= 15 is 0 Å². The minimum absolute atomic E-state index is 0.870. The second-order valence-corrected chi connectivity index (χ2v) is 5.85. The van der Waals surface area contributed by atoms with Gasteiger partial charge in [0.1, 0.15) is 5.75 Å². The van der Waals surface area contributed by atoms with E-state index in [2.05, 4.69) is 59.1 Å². The summed E-state index contributed by atoms with van der Waals surface area (Å²) in [5, 5.41) is 1.22. The Balaban J connectivity index is 1.85. The first-order valence-electron chi connectivity index (χ1n) is 7.93. The van der Waals surface area contributed by atoms with E-state index in [0.29, 0.717) is 0 Å². The van der Waals surface area contributed by atoms with Gasteiger partial charge >= 0.3 is 0 Å². The van der Waals surface area contributed by atoms with Crippen molar-refractivity contribution in [3.05, 3.63) is 78.8 Å². The largest absolute Gasteiger partial charge is 0.497 e. The van der Waals surface area contributed by atoms with Gasteiger partial charge < -0.3 is 9.30 Å². The molecule has 2 heterocycles. The fourth-order valence-corrected chi connectivity index (χ4v) is 3.01. The lowest BCUT2D eigenvalue weighted by molar-refractivity contribution is 0.415. The van der Waals surface area contributed by atoms with Crippen molar-refractivity contribution in [2.24, 2.45) is 0 Å². The van der Waals surface area contributed by atoms with E-state index in [1.54, 1.807) is 7.11 Å². The fraction of sp³-hybridized carbons (Fsp3) is 0.0952. The van der Waals surface area contributed by atoms with Crippen LogP contribution in [0.5, 0.6) is 5.75 Å². The van der Waals surface area contributed by atoms with Gasteiger partial charge in [0.25, 0.3) is 0 Å². The van der Waals surface area contributed by atoms with Gasteiger partial charge in [0.05, 0.1) is 24.5 Å². The molecule has 3 nitrogen and oxygen atoms in total. The monoisotopic (exact) mass is 314 g/mol. The highest BCUT2D eigenvalue weighted by Gasteiger charge is 2.08. The van der Waals surface area contributed by atoms with Crippen LogP contribution in [-0.4, -0.2) is 16.7 Å². The van der Waals surface area contributed by atoms with Gasteiger partial charge in [0, 0.05) is 12.4 Å². The van der Waals surface area contributed by atoms with Crippen LogP contribution in [-0.2, 0) is 0 Å². The second kappa shape index (κ2) is 5.85. The molecule has 0 saturated carbocycles. The van der Waals surface area contributed by atoms with Gasteiger partial charge in [-0.15, -0.1) is 0 Å². The number of rotatable bonds is 3. The van der Waals surface area contributed by atoms with E-state index in [4.69, 9.17) is 4.74 Å². The quantitative estimate of drug-likeness (QED) is 0.531. The summed E-state index contributed by atoms with van der Waals surface area (Å²) in [5.41, 5.74) is 5.86. The molecule has 0 bridgehead atoms. The van der Waals surface area contributed by atoms with Crippen LogP contribution in [0.1, 0.15) is 5.56 Å². The number of ether oxygens (including phenoxy) is 1.